The third kappa shape index (κ3) is 6.38. The van der Waals surface area contributed by atoms with Gasteiger partial charge in [0.1, 0.15) is 0 Å². The van der Waals surface area contributed by atoms with E-state index in [-0.39, 0.29) is 5.75 Å². The van der Waals surface area contributed by atoms with Crippen molar-refractivity contribution < 1.29 is 9.50 Å². The highest BCUT2D eigenvalue weighted by molar-refractivity contribution is 5.64. The fourth-order valence-electron chi connectivity index (χ4n) is 3.60. The Morgan fingerprint density at radius 1 is 0.733 bits per heavy atom. The molecule has 0 saturated carbocycles. The summed E-state index contributed by atoms with van der Waals surface area (Å²) in [6, 6.07) is 12.7. The topological polar surface area (TPSA) is 46.0 Å². The minimum atomic E-state index is -0.674. The smallest absolute Gasteiger partial charge is 0.165 e. The number of aryl methyl sites for hydroxylation is 1. The van der Waals surface area contributed by atoms with Crippen molar-refractivity contribution in [2.24, 2.45) is 0 Å². The lowest BCUT2D eigenvalue weighted by Crippen LogP contribution is -1.91. The first-order valence-corrected chi connectivity index (χ1v) is 11.1. The van der Waals surface area contributed by atoms with Crippen LogP contribution in [0.3, 0.4) is 0 Å². The molecule has 1 N–H and O–H groups in total. The van der Waals surface area contributed by atoms with Gasteiger partial charge in [-0.1, -0.05) is 76.1 Å². The molecule has 0 atom stereocenters. The van der Waals surface area contributed by atoms with Crippen molar-refractivity contribution >= 4 is 0 Å². The first-order valence-electron chi connectivity index (χ1n) is 11.1. The monoisotopic (exact) mass is 406 g/mol. The fourth-order valence-corrected chi connectivity index (χ4v) is 3.60. The van der Waals surface area contributed by atoms with Gasteiger partial charge in [-0.2, -0.15) is 0 Å². The van der Waals surface area contributed by atoms with Crippen molar-refractivity contribution in [1.82, 2.24) is 9.97 Å². The molecular weight excluding hydrogens is 375 g/mol. The van der Waals surface area contributed by atoms with Gasteiger partial charge in [0.15, 0.2) is 17.4 Å². The van der Waals surface area contributed by atoms with Gasteiger partial charge in [-0.3, -0.25) is 0 Å². The zero-order chi connectivity index (χ0) is 21.2. The second-order valence-corrected chi connectivity index (χ2v) is 7.88. The van der Waals surface area contributed by atoms with Gasteiger partial charge in [0.05, 0.1) is 0 Å². The molecule has 0 unspecified atom stereocenters. The number of halogens is 1. The summed E-state index contributed by atoms with van der Waals surface area (Å²) in [6.07, 6.45) is 15.3. The Balaban J connectivity index is 1.49. The number of unbranched alkanes of at least 4 members (excludes halogenated alkanes) is 7. The normalized spacial score (nSPS) is 11.0. The third-order valence-electron chi connectivity index (χ3n) is 5.46. The van der Waals surface area contributed by atoms with Crippen LogP contribution in [0.4, 0.5) is 4.39 Å². The van der Waals surface area contributed by atoms with E-state index in [0.29, 0.717) is 11.4 Å². The van der Waals surface area contributed by atoms with Crippen molar-refractivity contribution in [3.63, 3.8) is 0 Å². The first-order chi connectivity index (χ1) is 14.7. The van der Waals surface area contributed by atoms with Crippen molar-refractivity contribution in [2.75, 3.05) is 0 Å². The van der Waals surface area contributed by atoms with Crippen LogP contribution < -0.4 is 0 Å². The van der Waals surface area contributed by atoms with Crippen LogP contribution in [0.5, 0.6) is 5.75 Å². The number of hydrogen-bond acceptors (Lipinski definition) is 3. The van der Waals surface area contributed by atoms with Gasteiger partial charge in [-0.15, -0.1) is 0 Å². The largest absolute Gasteiger partial charge is 0.505 e. The molecule has 0 bridgehead atoms. The second-order valence-electron chi connectivity index (χ2n) is 7.88. The Hall–Kier alpha value is -2.75. The number of phenolic OH excluding ortho intramolecular Hbond substituents is 1. The van der Waals surface area contributed by atoms with Crippen LogP contribution in [0.1, 0.15) is 63.9 Å². The van der Waals surface area contributed by atoms with Crippen molar-refractivity contribution in [3.8, 4) is 28.3 Å². The third-order valence-corrected chi connectivity index (χ3v) is 5.46. The van der Waals surface area contributed by atoms with E-state index in [1.54, 1.807) is 18.5 Å². The van der Waals surface area contributed by atoms with E-state index in [1.165, 1.54) is 69.1 Å². The van der Waals surface area contributed by atoms with Gasteiger partial charge in [0, 0.05) is 23.5 Å². The van der Waals surface area contributed by atoms with Crippen LogP contribution in [-0.2, 0) is 6.42 Å². The molecule has 158 valence electrons. The molecule has 0 saturated heterocycles. The predicted molar refractivity (Wildman–Crippen MR) is 121 cm³/mol. The van der Waals surface area contributed by atoms with Crippen molar-refractivity contribution in [2.45, 2.75) is 64.7 Å². The molecule has 3 nitrogen and oxygen atoms in total. The molecule has 30 heavy (non-hydrogen) atoms. The average molecular weight is 407 g/mol. The summed E-state index contributed by atoms with van der Waals surface area (Å²) in [7, 11) is 0. The molecule has 0 aliphatic carbocycles. The summed E-state index contributed by atoms with van der Waals surface area (Å²) in [4.78, 5) is 8.71. The van der Waals surface area contributed by atoms with E-state index in [4.69, 9.17) is 0 Å². The lowest BCUT2D eigenvalue weighted by molar-refractivity contribution is 0.432. The summed E-state index contributed by atoms with van der Waals surface area (Å²) in [6.45, 7) is 2.26. The standard InChI is InChI=1S/C26H31FN2O/c1-2-3-4-5-6-7-8-9-10-20-11-13-21(14-12-20)23-18-28-26(29-19-23)22-15-16-25(30)24(27)17-22/h11-19,30H,2-10H2,1H3. The van der Waals surface area contributed by atoms with Crippen molar-refractivity contribution in [1.29, 1.82) is 0 Å². The number of hydrogen-bond donors (Lipinski definition) is 1. The lowest BCUT2D eigenvalue weighted by atomic mass is 10.0. The SMILES string of the molecule is CCCCCCCCCCc1ccc(-c2cnc(-c3ccc(O)c(F)c3)nc2)cc1. The van der Waals surface area contributed by atoms with E-state index in [1.807, 2.05) is 0 Å². The summed E-state index contributed by atoms with van der Waals surface area (Å²) in [5.41, 5.74) is 3.90. The summed E-state index contributed by atoms with van der Waals surface area (Å²) in [5.74, 6) is -0.612. The van der Waals surface area contributed by atoms with Crippen LogP contribution in [0, 0.1) is 5.82 Å². The van der Waals surface area contributed by atoms with Crippen LogP contribution in [-0.4, -0.2) is 15.1 Å². The molecule has 0 amide bonds. The Morgan fingerprint density at radius 2 is 1.33 bits per heavy atom. The average Bonchev–Trinajstić information content (AvgIpc) is 2.78. The van der Waals surface area contributed by atoms with Gasteiger partial charge in [-0.05, 0) is 42.2 Å². The van der Waals surface area contributed by atoms with Crippen LogP contribution in [0.2, 0.25) is 0 Å². The summed E-state index contributed by atoms with van der Waals surface area (Å²) < 4.78 is 13.5. The predicted octanol–water partition coefficient (Wildman–Crippen LogP) is 7.34. The van der Waals surface area contributed by atoms with Crippen LogP contribution >= 0.6 is 0 Å². The zero-order valence-corrected chi connectivity index (χ0v) is 17.8. The Kier molecular flexibility index (Phi) is 8.37. The molecule has 0 spiro atoms. The highest BCUT2D eigenvalue weighted by Crippen LogP contribution is 2.24. The highest BCUT2D eigenvalue weighted by atomic mass is 19.1. The van der Waals surface area contributed by atoms with E-state index >= 15 is 0 Å². The molecule has 0 aliphatic rings. The molecular formula is C26H31FN2O. The van der Waals surface area contributed by atoms with Crippen molar-refractivity contribution in [3.05, 3.63) is 66.2 Å². The lowest BCUT2D eigenvalue weighted by Gasteiger charge is -2.06. The van der Waals surface area contributed by atoms with E-state index in [0.717, 1.165) is 17.5 Å². The van der Waals surface area contributed by atoms with E-state index in [9.17, 15) is 9.50 Å². The number of aromatic nitrogens is 2. The number of aromatic hydroxyl groups is 1. The summed E-state index contributed by atoms with van der Waals surface area (Å²) >= 11 is 0. The molecule has 1 heterocycles. The quantitative estimate of drug-likeness (QED) is 0.339. The minimum absolute atomic E-state index is 0.373. The maximum absolute atomic E-state index is 13.5. The Labute approximate surface area is 179 Å². The van der Waals surface area contributed by atoms with Gasteiger partial charge >= 0.3 is 0 Å². The van der Waals surface area contributed by atoms with E-state index in [2.05, 4.69) is 41.2 Å². The first kappa shape index (κ1) is 21.9. The van der Waals surface area contributed by atoms with Gasteiger partial charge < -0.3 is 5.11 Å². The Bertz CT molecular complexity index is 907. The molecule has 0 fully saturated rings. The number of nitrogens with zero attached hydrogens (tertiary/aromatic N) is 2. The minimum Gasteiger partial charge on any atom is -0.505 e. The number of rotatable bonds is 11. The molecule has 3 rings (SSSR count). The Morgan fingerprint density at radius 3 is 1.97 bits per heavy atom. The molecule has 3 aromatic rings. The van der Waals surface area contributed by atoms with Gasteiger partial charge in [0.2, 0.25) is 0 Å². The summed E-state index contributed by atoms with van der Waals surface area (Å²) in [5, 5.41) is 9.31. The number of benzene rings is 2. The maximum Gasteiger partial charge on any atom is 0.165 e. The fraction of sp³-hybridized carbons (Fsp3) is 0.385. The molecule has 0 radical (unpaired) electrons. The molecule has 2 aromatic carbocycles. The zero-order valence-electron chi connectivity index (χ0n) is 17.8. The molecule has 4 heteroatoms. The van der Waals surface area contributed by atoms with Gasteiger partial charge in [0.25, 0.3) is 0 Å². The van der Waals surface area contributed by atoms with Crippen LogP contribution in [0.25, 0.3) is 22.5 Å². The molecule has 0 aliphatic heterocycles. The maximum atomic E-state index is 13.5. The van der Waals surface area contributed by atoms with Crippen LogP contribution in [0.15, 0.2) is 54.9 Å². The molecule has 1 aromatic heterocycles. The highest BCUT2D eigenvalue weighted by Gasteiger charge is 2.07. The van der Waals surface area contributed by atoms with Gasteiger partial charge in [-0.25, -0.2) is 14.4 Å². The number of phenols is 1. The van der Waals surface area contributed by atoms with E-state index < -0.39 is 5.82 Å². The second kappa shape index (κ2) is 11.4.